The molecule has 6 rings (SSSR count). The summed E-state index contributed by atoms with van der Waals surface area (Å²) in [7, 11) is 0. The Morgan fingerprint density at radius 2 is 1.79 bits per heavy atom. The first-order valence-electron chi connectivity index (χ1n) is 14.4. The van der Waals surface area contributed by atoms with Crippen molar-refractivity contribution in [3.63, 3.8) is 0 Å². The normalized spacial score (nSPS) is 15.0. The Balaban J connectivity index is 1.25. The van der Waals surface area contributed by atoms with Crippen molar-refractivity contribution in [2.24, 2.45) is 0 Å². The molecule has 0 spiro atoms. The van der Waals surface area contributed by atoms with Crippen molar-refractivity contribution in [2.75, 3.05) is 48.3 Å². The number of pyridine rings is 1. The Hall–Kier alpha value is -4.57. The van der Waals surface area contributed by atoms with Crippen LogP contribution in [0.3, 0.4) is 0 Å². The summed E-state index contributed by atoms with van der Waals surface area (Å²) >= 11 is 6.41. The summed E-state index contributed by atoms with van der Waals surface area (Å²) in [5.74, 6) is 2.58. The monoisotopic (exact) mass is 598 g/mol. The number of anilines is 5. The predicted molar refractivity (Wildman–Crippen MR) is 171 cm³/mol. The molecule has 2 aromatic heterocycles. The number of hydrogen-bond acceptors (Lipinski definition) is 8. The standard InChI is InChI=1S/C32H35ClN8O2/c1-32(2,3)39-31(42)41-12-10-40(11-13-41)28-18-22(7-9-34-28)23-15-21-8-14-43-26-6-4-5-24(19-26)36-29-27(33)20-35-30(38-29)37-25(16-21)17-23/h4-7,9,15-20H,8,10-14H2,1-3H3,(H,39,42)(H2,35,36,37,38). The Bertz CT molecular complexity index is 1630. The van der Waals surface area contributed by atoms with Gasteiger partial charge in [0.1, 0.15) is 16.6 Å². The van der Waals surface area contributed by atoms with E-state index in [2.05, 4.69) is 60.1 Å². The number of hydrogen-bond donors (Lipinski definition) is 3. The van der Waals surface area contributed by atoms with Crippen LogP contribution in [-0.2, 0) is 6.42 Å². The molecule has 4 heterocycles. The summed E-state index contributed by atoms with van der Waals surface area (Å²) in [5.41, 5.74) is 4.60. The molecule has 2 amide bonds. The average Bonchev–Trinajstić information content (AvgIpc) is 2.98. The van der Waals surface area contributed by atoms with Gasteiger partial charge in [-0.3, -0.25) is 0 Å². The maximum Gasteiger partial charge on any atom is 0.317 e. The number of amides is 2. The van der Waals surface area contributed by atoms with Crippen LogP contribution in [0.25, 0.3) is 11.1 Å². The number of aromatic nitrogens is 3. The smallest absolute Gasteiger partial charge is 0.317 e. The van der Waals surface area contributed by atoms with Gasteiger partial charge in [-0.1, -0.05) is 23.7 Å². The minimum absolute atomic E-state index is 0.0269. The summed E-state index contributed by atoms with van der Waals surface area (Å²) in [6.07, 6.45) is 4.13. The van der Waals surface area contributed by atoms with Crippen molar-refractivity contribution in [3.05, 3.63) is 77.6 Å². The van der Waals surface area contributed by atoms with E-state index < -0.39 is 0 Å². The van der Waals surface area contributed by atoms with Gasteiger partial charge in [0, 0.05) is 61.8 Å². The summed E-state index contributed by atoms with van der Waals surface area (Å²) in [4.78, 5) is 30.4. The number of carbonyl (C=O) groups excluding carboxylic acids is 1. The van der Waals surface area contributed by atoms with E-state index in [0.717, 1.165) is 39.6 Å². The molecule has 0 unspecified atom stereocenters. The zero-order valence-electron chi connectivity index (χ0n) is 24.5. The minimum atomic E-state index is -0.266. The third-order valence-electron chi connectivity index (χ3n) is 7.20. The molecule has 43 heavy (non-hydrogen) atoms. The van der Waals surface area contributed by atoms with Crippen LogP contribution in [0, 0.1) is 0 Å². The van der Waals surface area contributed by atoms with Gasteiger partial charge in [-0.25, -0.2) is 14.8 Å². The van der Waals surface area contributed by atoms with Crippen LogP contribution < -0.4 is 25.6 Å². The maximum atomic E-state index is 12.6. The second-order valence-electron chi connectivity index (χ2n) is 11.7. The summed E-state index contributed by atoms with van der Waals surface area (Å²) in [5, 5.41) is 10.1. The Morgan fingerprint density at radius 3 is 2.60 bits per heavy atom. The number of halogens is 1. The summed E-state index contributed by atoms with van der Waals surface area (Å²) in [6.45, 7) is 9.19. The molecule has 4 aromatic rings. The molecule has 0 atom stereocenters. The van der Waals surface area contributed by atoms with Crippen LogP contribution in [0.4, 0.5) is 33.8 Å². The van der Waals surface area contributed by atoms with Crippen LogP contribution in [0.1, 0.15) is 26.3 Å². The number of nitrogens with zero attached hydrogens (tertiary/aromatic N) is 5. The number of carbonyl (C=O) groups is 1. The number of ether oxygens (including phenoxy) is 1. The highest BCUT2D eigenvalue weighted by Crippen LogP contribution is 2.31. The number of benzene rings is 2. The highest BCUT2D eigenvalue weighted by Gasteiger charge is 2.25. The van der Waals surface area contributed by atoms with Gasteiger partial charge in [0.05, 0.1) is 12.8 Å². The first kappa shape index (κ1) is 28.5. The second-order valence-corrected chi connectivity index (χ2v) is 12.1. The lowest BCUT2D eigenvalue weighted by molar-refractivity contribution is 0.185. The minimum Gasteiger partial charge on any atom is -0.493 e. The largest absolute Gasteiger partial charge is 0.493 e. The highest BCUT2D eigenvalue weighted by molar-refractivity contribution is 6.32. The molecule has 1 fully saturated rings. The fourth-order valence-corrected chi connectivity index (χ4v) is 5.25. The van der Waals surface area contributed by atoms with Crippen molar-refractivity contribution >= 4 is 46.6 Å². The van der Waals surface area contributed by atoms with Crippen molar-refractivity contribution in [1.82, 2.24) is 25.2 Å². The van der Waals surface area contributed by atoms with Gasteiger partial charge in [0.15, 0.2) is 5.82 Å². The molecule has 2 aliphatic rings. The molecule has 1 saturated heterocycles. The van der Waals surface area contributed by atoms with Crippen LogP contribution in [0.5, 0.6) is 5.75 Å². The molecule has 0 saturated carbocycles. The van der Waals surface area contributed by atoms with Gasteiger partial charge in [-0.15, -0.1) is 0 Å². The van der Waals surface area contributed by atoms with Crippen LogP contribution in [0.2, 0.25) is 5.02 Å². The van der Waals surface area contributed by atoms with Crippen LogP contribution in [-0.4, -0.2) is 64.2 Å². The maximum absolute atomic E-state index is 12.6. The SMILES string of the molecule is CC(C)(C)NC(=O)N1CCN(c2cc(-c3cc4cc(c3)Nc3ncc(Cl)c(n3)Nc3cccc(c3)OCC4)ccn2)CC1. The summed E-state index contributed by atoms with van der Waals surface area (Å²) in [6, 6.07) is 18.2. The number of urea groups is 1. The van der Waals surface area contributed by atoms with Crippen molar-refractivity contribution in [3.8, 4) is 16.9 Å². The quantitative estimate of drug-likeness (QED) is 0.249. The lowest BCUT2D eigenvalue weighted by Crippen LogP contribution is -2.55. The summed E-state index contributed by atoms with van der Waals surface area (Å²) < 4.78 is 6.09. The molecule has 2 aliphatic heterocycles. The molecular formula is C32H35ClN8O2. The molecule has 2 aromatic carbocycles. The predicted octanol–water partition coefficient (Wildman–Crippen LogP) is 6.24. The molecular weight excluding hydrogens is 564 g/mol. The lowest BCUT2D eigenvalue weighted by Gasteiger charge is -2.37. The average molecular weight is 599 g/mol. The fraction of sp³-hybridized carbons (Fsp3) is 0.312. The van der Waals surface area contributed by atoms with Gasteiger partial charge >= 0.3 is 6.03 Å². The van der Waals surface area contributed by atoms with Gasteiger partial charge in [0.25, 0.3) is 0 Å². The molecule has 0 aliphatic carbocycles. The van der Waals surface area contributed by atoms with Gasteiger partial charge in [-0.05, 0) is 73.9 Å². The van der Waals surface area contributed by atoms with Crippen molar-refractivity contribution < 1.29 is 9.53 Å². The Labute approximate surface area is 256 Å². The van der Waals surface area contributed by atoms with Crippen molar-refractivity contribution in [2.45, 2.75) is 32.7 Å². The highest BCUT2D eigenvalue weighted by atomic mass is 35.5. The lowest BCUT2D eigenvalue weighted by atomic mass is 10.0. The zero-order valence-corrected chi connectivity index (χ0v) is 25.3. The second kappa shape index (κ2) is 12.0. The van der Waals surface area contributed by atoms with E-state index in [0.29, 0.717) is 56.0 Å². The molecule has 3 N–H and O–H groups in total. The van der Waals surface area contributed by atoms with E-state index >= 15 is 0 Å². The fourth-order valence-electron chi connectivity index (χ4n) is 5.12. The van der Waals surface area contributed by atoms with Gasteiger partial charge in [-0.2, -0.15) is 4.98 Å². The van der Waals surface area contributed by atoms with E-state index in [-0.39, 0.29) is 11.6 Å². The van der Waals surface area contributed by atoms with Gasteiger partial charge in [0.2, 0.25) is 5.95 Å². The third-order valence-corrected chi connectivity index (χ3v) is 7.48. The molecule has 6 bridgehead atoms. The number of nitrogens with one attached hydrogen (secondary N) is 3. The first-order valence-corrected chi connectivity index (χ1v) is 14.8. The van der Waals surface area contributed by atoms with Crippen molar-refractivity contribution in [1.29, 1.82) is 0 Å². The number of rotatable bonds is 2. The number of piperazine rings is 1. The topological polar surface area (TPSA) is 108 Å². The molecule has 222 valence electrons. The van der Waals surface area contributed by atoms with Gasteiger partial charge < -0.3 is 30.5 Å². The molecule has 11 heteroatoms. The van der Waals surface area contributed by atoms with E-state index in [4.69, 9.17) is 16.3 Å². The molecule has 0 radical (unpaired) electrons. The number of fused-ring (bicyclic) bond motifs is 6. The Kier molecular flexibility index (Phi) is 7.94. The van der Waals surface area contributed by atoms with Crippen LogP contribution in [0.15, 0.2) is 67.0 Å². The Morgan fingerprint density at radius 1 is 0.953 bits per heavy atom. The molecule has 10 nitrogen and oxygen atoms in total. The first-order chi connectivity index (χ1) is 20.7. The van der Waals surface area contributed by atoms with E-state index in [1.165, 1.54) is 0 Å². The van der Waals surface area contributed by atoms with E-state index in [1.54, 1.807) is 6.20 Å². The third kappa shape index (κ3) is 7.09. The van der Waals surface area contributed by atoms with Crippen LogP contribution >= 0.6 is 11.6 Å². The van der Waals surface area contributed by atoms with E-state index in [9.17, 15) is 4.79 Å². The zero-order chi connectivity index (χ0) is 30.0. The van der Waals surface area contributed by atoms with E-state index in [1.807, 2.05) is 62.2 Å².